The summed E-state index contributed by atoms with van der Waals surface area (Å²) in [5.41, 5.74) is 0.247. The van der Waals surface area contributed by atoms with Crippen molar-refractivity contribution < 1.29 is 9.59 Å². The molecule has 2 amide bonds. The number of hydrogen-bond acceptors (Lipinski definition) is 6. The Morgan fingerprint density at radius 3 is 2.67 bits per heavy atom. The number of rotatable bonds is 4. The normalized spacial score (nSPS) is 15.3. The van der Waals surface area contributed by atoms with Crippen LogP contribution in [0.25, 0.3) is 10.2 Å². The molecule has 1 saturated heterocycles. The number of hydrogen-bond donors (Lipinski definition) is 1. The predicted molar refractivity (Wildman–Crippen MR) is 120 cm³/mol. The van der Waals surface area contributed by atoms with Crippen molar-refractivity contribution >= 4 is 62.4 Å². The zero-order valence-electron chi connectivity index (χ0n) is 16.1. The maximum atomic E-state index is 12.8. The van der Waals surface area contributed by atoms with E-state index >= 15 is 0 Å². The van der Waals surface area contributed by atoms with Gasteiger partial charge in [-0.05, 0) is 30.5 Å². The average molecular weight is 464 g/mol. The van der Waals surface area contributed by atoms with Crippen LogP contribution < -0.4 is 10.2 Å². The quantitative estimate of drug-likeness (QED) is 0.640. The second kappa shape index (κ2) is 8.75. The SMILES string of the molecule is CC(NC(=O)c1cccc(Cl)c1Cl)C(=O)N1CCN(c2ncnc3sccc23)CC1. The van der Waals surface area contributed by atoms with E-state index in [4.69, 9.17) is 23.2 Å². The molecule has 0 spiro atoms. The predicted octanol–water partition coefficient (Wildman–Crippen LogP) is 3.47. The van der Waals surface area contributed by atoms with Crippen molar-refractivity contribution in [2.75, 3.05) is 31.1 Å². The van der Waals surface area contributed by atoms with Crippen molar-refractivity contribution in [1.82, 2.24) is 20.2 Å². The van der Waals surface area contributed by atoms with Crippen LogP contribution in [-0.4, -0.2) is 58.9 Å². The molecule has 0 aliphatic carbocycles. The van der Waals surface area contributed by atoms with Crippen molar-refractivity contribution in [2.45, 2.75) is 13.0 Å². The number of amides is 2. The Labute approximate surface area is 187 Å². The third kappa shape index (κ3) is 4.08. The first-order valence-electron chi connectivity index (χ1n) is 9.42. The molecule has 1 unspecified atom stereocenters. The van der Waals surface area contributed by atoms with Crippen LogP contribution in [0.3, 0.4) is 0 Å². The number of halogens is 2. The fourth-order valence-corrected chi connectivity index (χ4v) is 4.57. The van der Waals surface area contributed by atoms with Crippen molar-refractivity contribution in [3.63, 3.8) is 0 Å². The Morgan fingerprint density at radius 1 is 1.13 bits per heavy atom. The Hall–Kier alpha value is -2.42. The number of nitrogens with zero attached hydrogens (tertiary/aromatic N) is 4. The first-order valence-corrected chi connectivity index (χ1v) is 11.1. The van der Waals surface area contributed by atoms with Gasteiger partial charge >= 0.3 is 0 Å². The van der Waals surface area contributed by atoms with E-state index in [9.17, 15) is 9.59 Å². The lowest BCUT2D eigenvalue weighted by Crippen LogP contribution is -2.54. The summed E-state index contributed by atoms with van der Waals surface area (Å²) in [6, 6.07) is 6.17. The number of carbonyl (C=O) groups is 2. The third-order valence-corrected chi connectivity index (χ3v) is 6.69. The van der Waals surface area contributed by atoms with E-state index in [1.165, 1.54) is 0 Å². The summed E-state index contributed by atoms with van der Waals surface area (Å²) < 4.78 is 0. The molecule has 156 valence electrons. The second-order valence-corrected chi connectivity index (χ2v) is 8.63. The number of fused-ring (bicyclic) bond motifs is 1. The summed E-state index contributed by atoms with van der Waals surface area (Å²) in [4.78, 5) is 38.9. The number of nitrogens with one attached hydrogen (secondary N) is 1. The van der Waals surface area contributed by atoms with E-state index in [0.717, 1.165) is 16.0 Å². The lowest BCUT2D eigenvalue weighted by Gasteiger charge is -2.36. The molecule has 30 heavy (non-hydrogen) atoms. The number of piperazine rings is 1. The topological polar surface area (TPSA) is 78.4 Å². The summed E-state index contributed by atoms with van der Waals surface area (Å²) >= 11 is 13.7. The number of aromatic nitrogens is 2. The van der Waals surface area contributed by atoms with Gasteiger partial charge in [0.05, 0.1) is 21.0 Å². The van der Waals surface area contributed by atoms with Crippen LogP contribution in [-0.2, 0) is 4.79 Å². The van der Waals surface area contributed by atoms with Gasteiger partial charge in [0, 0.05) is 26.2 Å². The van der Waals surface area contributed by atoms with Crippen LogP contribution in [0.4, 0.5) is 5.82 Å². The van der Waals surface area contributed by atoms with Gasteiger partial charge in [0.1, 0.15) is 23.0 Å². The van der Waals surface area contributed by atoms with Crippen LogP contribution in [0.2, 0.25) is 10.0 Å². The zero-order chi connectivity index (χ0) is 21.3. The Morgan fingerprint density at radius 2 is 1.90 bits per heavy atom. The maximum absolute atomic E-state index is 12.8. The van der Waals surface area contributed by atoms with Crippen molar-refractivity contribution in [3.05, 3.63) is 51.6 Å². The van der Waals surface area contributed by atoms with Crippen molar-refractivity contribution in [2.24, 2.45) is 0 Å². The molecule has 1 atom stereocenters. The van der Waals surface area contributed by atoms with E-state index < -0.39 is 11.9 Å². The molecule has 3 heterocycles. The van der Waals surface area contributed by atoms with Crippen LogP contribution in [0.1, 0.15) is 17.3 Å². The van der Waals surface area contributed by atoms with Gasteiger partial charge in [-0.15, -0.1) is 11.3 Å². The summed E-state index contributed by atoms with van der Waals surface area (Å²) in [5.74, 6) is 0.331. The van der Waals surface area contributed by atoms with E-state index in [2.05, 4.69) is 20.2 Å². The Balaban J connectivity index is 1.37. The molecular weight excluding hydrogens is 445 g/mol. The molecule has 4 rings (SSSR count). The highest BCUT2D eigenvalue weighted by Gasteiger charge is 2.27. The van der Waals surface area contributed by atoms with Gasteiger partial charge in [0.15, 0.2) is 0 Å². The highest BCUT2D eigenvalue weighted by Crippen LogP contribution is 2.28. The minimum absolute atomic E-state index is 0.135. The minimum Gasteiger partial charge on any atom is -0.352 e. The molecule has 10 heteroatoms. The van der Waals surface area contributed by atoms with Gasteiger partial charge < -0.3 is 15.1 Å². The standard InChI is InChI=1S/C20H19Cl2N5O2S/c1-12(25-18(28)13-3-2-4-15(21)16(13)22)20(29)27-8-6-26(7-9-27)17-14-5-10-30-19(14)24-11-23-17/h2-5,10-12H,6-9H2,1H3,(H,25,28). The fourth-order valence-electron chi connectivity index (χ4n) is 3.46. The van der Waals surface area contributed by atoms with Crippen LogP contribution in [0, 0.1) is 0 Å². The minimum atomic E-state index is -0.679. The Kier molecular flexibility index (Phi) is 6.08. The summed E-state index contributed by atoms with van der Waals surface area (Å²) in [7, 11) is 0. The largest absolute Gasteiger partial charge is 0.352 e. The van der Waals surface area contributed by atoms with Crippen LogP contribution in [0.15, 0.2) is 36.0 Å². The molecule has 7 nitrogen and oxygen atoms in total. The molecule has 1 aliphatic heterocycles. The lowest BCUT2D eigenvalue weighted by atomic mass is 10.2. The molecule has 0 saturated carbocycles. The molecule has 3 aromatic rings. The number of anilines is 1. The molecule has 2 aromatic heterocycles. The van der Waals surface area contributed by atoms with Gasteiger partial charge in [0.25, 0.3) is 5.91 Å². The van der Waals surface area contributed by atoms with Gasteiger partial charge in [-0.1, -0.05) is 29.3 Å². The molecule has 1 aliphatic rings. The van der Waals surface area contributed by atoms with Crippen molar-refractivity contribution in [1.29, 1.82) is 0 Å². The molecule has 1 N–H and O–H groups in total. The zero-order valence-corrected chi connectivity index (χ0v) is 18.5. The third-order valence-electron chi connectivity index (χ3n) is 5.05. The molecule has 1 aromatic carbocycles. The summed E-state index contributed by atoms with van der Waals surface area (Å²) in [6.45, 7) is 4.09. The second-order valence-electron chi connectivity index (χ2n) is 6.95. The van der Waals surface area contributed by atoms with E-state index in [0.29, 0.717) is 31.2 Å². The molecule has 0 radical (unpaired) electrons. The first kappa shape index (κ1) is 20.8. The van der Waals surface area contributed by atoms with Crippen LogP contribution in [0.5, 0.6) is 0 Å². The maximum Gasteiger partial charge on any atom is 0.253 e. The van der Waals surface area contributed by atoms with E-state index in [-0.39, 0.29) is 16.5 Å². The van der Waals surface area contributed by atoms with Gasteiger partial charge in [0.2, 0.25) is 5.91 Å². The first-order chi connectivity index (χ1) is 14.5. The fraction of sp³-hybridized carbons (Fsp3) is 0.300. The van der Waals surface area contributed by atoms with Gasteiger partial charge in [-0.25, -0.2) is 9.97 Å². The van der Waals surface area contributed by atoms with E-state index in [1.54, 1.807) is 47.7 Å². The molecule has 0 bridgehead atoms. The molecule has 1 fully saturated rings. The summed E-state index contributed by atoms with van der Waals surface area (Å²) in [5, 5.41) is 6.22. The van der Waals surface area contributed by atoms with Gasteiger partial charge in [-0.3, -0.25) is 9.59 Å². The van der Waals surface area contributed by atoms with Crippen molar-refractivity contribution in [3.8, 4) is 0 Å². The number of benzene rings is 1. The summed E-state index contributed by atoms with van der Waals surface area (Å²) in [6.07, 6.45) is 1.57. The van der Waals surface area contributed by atoms with E-state index in [1.807, 2.05) is 11.4 Å². The number of carbonyl (C=O) groups excluding carboxylic acids is 2. The highest BCUT2D eigenvalue weighted by molar-refractivity contribution is 7.16. The smallest absolute Gasteiger partial charge is 0.253 e. The highest BCUT2D eigenvalue weighted by atomic mass is 35.5. The van der Waals surface area contributed by atoms with Gasteiger partial charge in [-0.2, -0.15) is 0 Å². The Bertz CT molecular complexity index is 1100. The molecular formula is C20H19Cl2N5O2S. The lowest BCUT2D eigenvalue weighted by molar-refractivity contribution is -0.133. The van der Waals surface area contributed by atoms with Crippen LogP contribution >= 0.6 is 34.5 Å². The monoisotopic (exact) mass is 463 g/mol. The number of thiophene rings is 1. The average Bonchev–Trinajstić information content (AvgIpc) is 3.24.